The molecule has 31 heavy (non-hydrogen) atoms. The van der Waals surface area contributed by atoms with Crippen LogP contribution in [0.3, 0.4) is 0 Å². The first-order chi connectivity index (χ1) is 14.7. The first kappa shape index (κ1) is 22.6. The molecule has 9 nitrogen and oxygen atoms in total. The van der Waals surface area contributed by atoms with Crippen molar-refractivity contribution in [2.45, 2.75) is 11.1 Å². The highest BCUT2D eigenvalue weighted by Gasteiger charge is 2.46. The number of benzene rings is 2. The van der Waals surface area contributed by atoms with Crippen LogP contribution in [0.1, 0.15) is 0 Å². The predicted octanol–water partition coefficient (Wildman–Crippen LogP) is 0.904. The van der Waals surface area contributed by atoms with Crippen LogP contribution in [0.5, 0.6) is 0 Å². The average molecular weight is 453 g/mol. The van der Waals surface area contributed by atoms with Gasteiger partial charge in [-0.05, 0) is 48.5 Å². The number of halogens is 2. The van der Waals surface area contributed by atoms with E-state index in [0.717, 1.165) is 45.6 Å². The Balaban J connectivity index is 1.89. The van der Waals surface area contributed by atoms with Crippen molar-refractivity contribution in [3.8, 4) is 0 Å². The van der Waals surface area contributed by atoms with Gasteiger partial charge in [0.25, 0.3) is 5.91 Å². The number of urea groups is 1. The molecule has 1 atom stereocenters. The van der Waals surface area contributed by atoms with Crippen LogP contribution in [0.25, 0.3) is 0 Å². The van der Waals surface area contributed by atoms with E-state index in [4.69, 9.17) is 5.73 Å². The van der Waals surface area contributed by atoms with Gasteiger partial charge < -0.3 is 16.4 Å². The van der Waals surface area contributed by atoms with Gasteiger partial charge >= 0.3 is 6.03 Å². The van der Waals surface area contributed by atoms with E-state index in [1.165, 1.54) is 12.1 Å². The Morgan fingerprint density at radius 1 is 1.00 bits per heavy atom. The van der Waals surface area contributed by atoms with Crippen LogP contribution in [0.4, 0.5) is 19.3 Å². The Morgan fingerprint density at radius 2 is 1.58 bits per heavy atom. The fourth-order valence-corrected chi connectivity index (χ4v) is 4.65. The maximum absolute atomic E-state index is 13.2. The van der Waals surface area contributed by atoms with Gasteiger partial charge in [-0.15, -0.1) is 0 Å². The summed E-state index contributed by atoms with van der Waals surface area (Å²) in [6, 6.07) is 8.38. The summed E-state index contributed by atoms with van der Waals surface area (Å²) in [5.74, 6) is -1.84. The predicted molar refractivity (Wildman–Crippen MR) is 108 cm³/mol. The number of anilines is 1. The van der Waals surface area contributed by atoms with Gasteiger partial charge in [-0.1, -0.05) is 0 Å². The molecule has 0 aliphatic carbocycles. The summed E-state index contributed by atoms with van der Waals surface area (Å²) in [5.41, 5.74) is 5.68. The summed E-state index contributed by atoms with van der Waals surface area (Å²) in [6.07, 6.45) is -1.48. The molecule has 12 heteroatoms. The summed E-state index contributed by atoms with van der Waals surface area (Å²) in [7, 11) is -4.22. The zero-order chi connectivity index (χ0) is 22.6. The SMILES string of the molecule is NCCNC(=O)C1N(C(=O)Nc2ccc(F)cc2)CCN1S(=O)(=O)c1ccc(F)cc1. The standard InChI is InChI=1S/C19H21F2N5O4S/c20-13-1-5-15(6-2-13)24-19(28)25-11-12-26(18(25)17(27)23-10-9-22)31(29,30)16-7-3-14(21)4-8-16/h1-8,18H,9-12,22H2,(H,23,27)(H,24,28). The minimum Gasteiger partial charge on any atom is -0.352 e. The van der Waals surface area contributed by atoms with E-state index < -0.39 is 39.8 Å². The Labute approximate surface area is 177 Å². The van der Waals surface area contributed by atoms with Gasteiger partial charge in [0.05, 0.1) is 4.90 Å². The maximum atomic E-state index is 13.2. The molecule has 166 valence electrons. The van der Waals surface area contributed by atoms with E-state index in [1.807, 2.05) is 0 Å². The van der Waals surface area contributed by atoms with Gasteiger partial charge in [-0.2, -0.15) is 4.31 Å². The van der Waals surface area contributed by atoms with Crippen LogP contribution in [-0.4, -0.2) is 61.9 Å². The van der Waals surface area contributed by atoms with Gasteiger partial charge in [-0.25, -0.2) is 22.0 Å². The fourth-order valence-electron chi connectivity index (χ4n) is 3.10. The Morgan fingerprint density at radius 3 is 2.16 bits per heavy atom. The van der Waals surface area contributed by atoms with E-state index in [9.17, 15) is 26.8 Å². The van der Waals surface area contributed by atoms with Crippen LogP contribution in [-0.2, 0) is 14.8 Å². The molecule has 0 aromatic heterocycles. The van der Waals surface area contributed by atoms with Crippen LogP contribution in [0.2, 0.25) is 0 Å². The van der Waals surface area contributed by atoms with E-state index >= 15 is 0 Å². The highest BCUT2D eigenvalue weighted by molar-refractivity contribution is 7.89. The first-order valence-corrected chi connectivity index (χ1v) is 10.8. The number of hydrogen-bond acceptors (Lipinski definition) is 5. The van der Waals surface area contributed by atoms with Crippen molar-refractivity contribution in [3.05, 3.63) is 60.2 Å². The second kappa shape index (κ2) is 9.37. The lowest BCUT2D eigenvalue weighted by atomic mass is 10.3. The number of sulfonamides is 1. The van der Waals surface area contributed by atoms with Crippen molar-refractivity contribution < 1.29 is 26.8 Å². The molecule has 1 fully saturated rings. The molecule has 0 saturated carbocycles. The number of hydrogen-bond donors (Lipinski definition) is 3. The Bertz CT molecular complexity index is 1050. The molecule has 1 aliphatic rings. The molecule has 1 heterocycles. The summed E-state index contributed by atoms with van der Waals surface area (Å²) < 4.78 is 53.4. The van der Waals surface area contributed by atoms with Gasteiger partial charge in [0.1, 0.15) is 11.6 Å². The molecule has 3 amide bonds. The average Bonchev–Trinajstić information content (AvgIpc) is 3.20. The number of nitrogens with one attached hydrogen (secondary N) is 2. The number of carbonyl (C=O) groups is 2. The van der Waals surface area contributed by atoms with Crippen molar-refractivity contribution in [1.82, 2.24) is 14.5 Å². The zero-order valence-corrected chi connectivity index (χ0v) is 17.1. The minimum absolute atomic E-state index is 0.0752. The molecular weight excluding hydrogens is 432 g/mol. The summed E-state index contributed by atoms with van der Waals surface area (Å²) in [5, 5.41) is 5.01. The van der Waals surface area contributed by atoms with Crippen LogP contribution in [0.15, 0.2) is 53.4 Å². The van der Waals surface area contributed by atoms with Crippen LogP contribution in [0, 0.1) is 11.6 Å². The smallest absolute Gasteiger partial charge is 0.323 e. The number of carbonyl (C=O) groups excluding carboxylic acids is 2. The summed E-state index contributed by atoms with van der Waals surface area (Å²) in [6.45, 7) is -0.0381. The maximum Gasteiger partial charge on any atom is 0.323 e. The van der Waals surface area contributed by atoms with Crippen LogP contribution >= 0.6 is 0 Å². The molecule has 3 rings (SSSR count). The van der Waals surface area contributed by atoms with Crippen molar-refractivity contribution in [3.63, 3.8) is 0 Å². The topological polar surface area (TPSA) is 125 Å². The molecule has 4 N–H and O–H groups in total. The number of rotatable bonds is 6. The molecule has 2 aromatic rings. The van der Waals surface area contributed by atoms with Crippen molar-refractivity contribution in [1.29, 1.82) is 0 Å². The lowest BCUT2D eigenvalue weighted by Gasteiger charge is -2.28. The van der Waals surface area contributed by atoms with Gasteiger partial charge in [0.15, 0.2) is 6.17 Å². The second-order valence-electron chi connectivity index (χ2n) is 6.65. The third-order valence-corrected chi connectivity index (χ3v) is 6.45. The van der Waals surface area contributed by atoms with Crippen molar-refractivity contribution in [2.75, 3.05) is 31.5 Å². The zero-order valence-electron chi connectivity index (χ0n) is 16.3. The quantitative estimate of drug-likeness (QED) is 0.600. The Kier molecular flexibility index (Phi) is 6.83. The van der Waals surface area contributed by atoms with Gasteiger partial charge in [0.2, 0.25) is 10.0 Å². The van der Waals surface area contributed by atoms with E-state index in [-0.39, 0.29) is 36.8 Å². The minimum atomic E-state index is -4.22. The monoisotopic (exact) mass is 453 g/mol. The molecule has 2 aromatic carbocycles. The molecule has 1 aliphatic heterocycles. The van der Waals surface area contributed by atoms with Gasteiger partial charge in [-0.3, -0.25) is 9.69 Å². The van der Waals surface area contributed by atoms with Gasteiger partial charge in [0, 0.05) is 31.9 Å². The lowest BCUT2D eigenvalue weighted by molar-refractivity contribution is -0.127. The molecule has 0 spiro atoms. The first-order valence-electron chi connectivity index (χ1n) is 9.32. The molecular formula is C19H21F2N5O4S. The number of nitrogens with two attached hydrogens (primary N) is 1. The highest BCUT2D eigenvalue weighted by atomic mass is 32.2. The second-order valence-corrected chi connectivity index (χ2v) is 8.54. The molecule has 1 unspecified atom stereocenters. The Hall–Kier alpha value is -3.09. The largest absolute Gasteiger partial charge is 0.352 e. The van der Waals surface area contributed by atoms with E-state index in [2.05, 4.69) is 10.6 Å². The normalized spacial score (nSPS) is 16.9. The van der Waals surface area contributed by atoms with Crippen molar-refractivity contribution >= 4 is 27.6 Å². The molecule has 0 radical (unpaired) electrons. The summed E-state index contributed by atoms with van der Waals surface area (Å²) >= 11 is 0. The third-order valence-electron chi connectivity index (χ3n) is 4.58. The number of nitrogens with zero attached hydrogens (tertiary/aromatic N) is 2. The fraction of sp³-hybridized carbons (Fsp3) is 0.263. The highest BCUT2D eigenvalue weighted by Crippen LogP contribution is 2.25. The molecule has 0 bridgehead atoms. The van der Waals surface area contributed by atoms with Crippen molar-refractivity contribution in [2.24, 2.45) is 5.73 Å². The third kappa shape index (κ3) is 4.98. The molecule has 1 saturated heterocycles. The number of amides is 3. The van der Waals surface area contributed by atoms with E-state index in [1.54, 1.807) is 0 Å². The summed E-state index contributed by atoms with van der Waals surface area (Å²) in [4.78, 5) is 26.4. The lowest BCUT2D eigenvalue weighted by Crippen LogP contribution is -2.55. The van der Waals surface area contributed by atoms with E-state index in [0.29, 0.717) is 0 Å². The van der Waals surface area contributed by atoms with Crippen LogP contribution < -0.4 is 16.4 Å².